The van der Waals surface area contributed by atoms with Crippen LogP contribution in [0.5, 0.6) is 0 Å². The lowest BCUT2D eigenvalue weighted by Crippen LogP contribution is -2.52. The minimum Gasteiger partial charge on any atom is -0.371 e. The van der Waals surface area contributed by atoms with Crippen LogP contribution in [-0.2, 0) is 10.0 Å². The summed E-state index contributed by atoms with van der Waals surface area (Å²) in [4.78, 5) is 4.64. The molecule has 0 bridgehead atoms. The Balaban J connectivity index is 1.64. The predicted molar refractivity (Wildman–Crippen MR) is 105 cm³/mol. The molecular formula is C19H21N5O2S. The highest BCUT2D eigenvalue weighted by Crippen LogP contribution is 2.27. The number of anilines is 1. The second-order valence-electron chi connectivity index (χ2n) is 6.92. The van der Waals surface area contributed by atoms with Crippen molar-refractivity contribution in [1.29, 1.82) is 5.26 Å². The molecule has 0 spiro atoms. The van der Waals surface area contributed by atoms with Crippen LogP contribution in [0.4, 0.5) is 5.82 Å². The molecule has 0 saturated carbocycles. The van der Waals surface area contributed by atoms with E-state index in [1.54, 1.807) is 6.92 Å². The molecule has 2 aromatic heterocycles. The highest BCUT2D eigenvalue weighted by molar-refractivity contribution is 7.89. The van der Waals surface area contributed by atoms with Gasteiger partial charge in [0.25, 0.3) is 0 Å². The van der Waals surface area contributed by atoms with Crippen LogP contribution in [0.1, 0.15) is 18.1 Å². The number of benzene rings is 1. The van der Waals surface area contributed by atoms with E-state index in [1.165, 1.54) is 4.31 Å². The number of para-hydroxylation sites is 2. The van der Waals surface area contributed by atoms with Crippen LogP contribution in [0.2, 0.25) is 0 Å². The zero-order valence-corrected chi connectivity index (χ0v) is 16.1. The average Bonchev–Trinajstić information content (AvgIpc) is 2.99. The largest absolute Gasteiger partial charge is 0.371 e. The van der Waals surface area contributed by atoms with Crippen molar-refractivity contribution in [2.45, 2.75) is 13.8 Å². The van der Waals surface area contributed by atoms with Gasteiger partial charge in [0, 0.05) is 25.6 Å². The fourth-order valence-corrected chi connectivity index (χ4v) is 4.78. The minimum atomic E-state index is -3.09. The molecule has 1 saturated heterocycles. The summed E-state index contributed by atoms with van der Waals surface area (Å²) in [5, 5.41) is 13.0. The molecule has 8 heteroatoms. The third-order valence-corrected chi connectivity index (χ3v) is 6.95. The summed E-state index contributed by atoms with van der Waals surface area (Å²) in [7, 11) is -3.09. The first-order valence-electron chi connectivity index (χ1n) is 8.97. The van der Waals surface area contributed by atoms with Gasteiger partial charge < -0.3 is 5.32 Å². The van der Waals surface area contributed by atoms with Crippen molar-refractivity contribution in [3.05, 3.63) is 41.5 Å². The van der Waals surface area contributed by atoms with Gasteiger partial charge in [-0.3, -0.25) is 4.40 Å². The Bertz CT molecular complexity index is 1170. The van der Waals surface area contributed by atoms with E-state index < -0.39 is 10.0 Å². The number of hydrogen-bond donors (Lipinski definition) is 1. The van der Waals surface area contributed by atoms with Gasteiger partial charge in [-0.05, 0) is 37.6 Å². The van der Waals surface area contributed by atoms with Gasteiger partial charge in [-0.1, -0.05) is 12.1 Å². The summed E-state index contributed by atoms with van der Waals surface area (Å²) in [5.74, 6) is 1.28. The van der Waals surface area contributed by atoms with Crippen molar-refractivity contribution in [3.8, 4) is 6.07 Å². The highest BCUT2D eigenvalue weighted by Gasteiger charge is 2.34. The van der Waals surface area contributed by atoms with E-state index in [1.807, 2.05) is 41.7 Å². The van der Waals surface area contributed by atoms with Crippen molar-refractivity contribution < 1.29 is 8.42 Å². The molecule has 1 N–H and O–H groups in total. The second kappa shape index (κ2) is 6.51. The predicted octanol–water partition coefficient (Wildman–Crippen LogP) is 2.36. The van der Waals surface area contributed by atoms with Crippen molar-refractivity contribution in [2.75, 3.05) is 30.7 Å². The summed E-state index contributed by atoms with van der Waals surface area (Å²) < 4.78 is 27.2. The molecule has 0 amide bonds. The fraction of sp³-hybridized carbons (Fsp3) is 0.368. The quantitative estimate of drug-likeness (QED) is 0.730. The van der Waals surface area contributed by atoms with Gasteiger partial charge in [0.1, 0.15) is 11.9 Å². The zero-order chi connectivity index (χ0) is 19.2. The molecule has 0 unspecified atom stereocenters. The van der Waals surface area contributed by atoms with Crippen molar-refractivity contribution in [3.63, 3.8) is 0 Å². The van der Waals surface area contributed by atoms with E-state index in [0.29, 0.717) is 30.8 Å². The number of aromatic nitrogens is 2. The fourth-order valence-electron chi connectivity index (χ4n) is 3.53. The molecule has 1 fully saturated rings. The van der Waals surface area contributed by atoms with Gasteiger partial charge in [-0.2, -0.15) is 5.26 Å². The number of hydrogen-bond acceptors (Lipinski definition) is 5. The third kappa shape index (κ3) is 2.93. The van der Waals surface area contributed by atoms with E-state index >= 15 is 0 Å². The molecule has 1 aliphatic heterocycles. The molecule has 1 aromatic carbocycles. The Morgan fingerprint density at radius 1 is 1.33 bits per heavy atom. The van der Waals surface area contributed by atoms with Gasteiger partial charge in [0.05, 0.1) is 22.3 Å². The maximum Gasteiger partial charge on any atom is 0.213 e. The summed E-state index contributed by atoms with van der Waals surface area (Å²) in [5.41, 5.74) is 3.86. The Hall–Kier alpha value is -2.63. The molecule has 27 heavy (non-hydrogen) atoms. The van der Waals surface area contributed by atoms with Crippen LogP contribution in [0.15, 0.2) is 30.3 Å². The van der Waals surface area contributed by atoms with Crippen molar-refractivity contribution in [2.24, 2.45) is 5.92 Å². The van der Waals surface area contributed by atoms with Crippen molar-refractivity contribution in [1.82, 2.24) is 13.7 Å². The number of fused-ring (bicyclic) bond motifs is 3. The first-order valence-corrected chi connectivity index (χ1v) is 10.6. The SMILES string of the molecule is CCS(=O)(=O)N1CC(CNc2cc(C)c(C#N)c3nc4ccccc4n23)C1. The summed E-state index contributed by atoms with van der Waals surface area (Å²) in [6.07, 6.45) is 0. The van der Waals surface area contributed by atoms with Gasteiger partial charge in [0.15, 0.2) is 5.65 Å². The molecular weight excluding hydrogens is 362 g/mol. The van der Waals surface area contributed by atoms with Crippen LogP contribution in [0, 0.1) is 24.2 Å². The lowest BCUT2D eigenvalue weighted by Gasteiger charge is -2.38. The molecule has 0 atom stereocenters. The number of nitriles is 1. The van der Waals surface area contributed by atoms with E-state index in [2.05, 4.69) is 16.4 Å². The second-order valence-corrected chi connectivity index (χ2v) is 9.18. The Morgan fingerprint density at radius 2 is 2.07 bits per heavy atom. The molecule has 140 valence electrons. The first kappa shape index (κ1) is 17.8. The summed E-state index contributed by atoms with van der Waals surface area (Å²) >= 11 is 0. The molecule has 1 aliphatic rings. The third-order valence-electron chi connectivity index (χ3n) is 5.14. The van der Waals surface area contributed by atoms with Crippen LogP contribution >= 0.6 is 0 Å². The number of sulfonamides is 1. The molecule has 3 heterocycles. The maximum absolute atomic E-state index is 11.9. The number of nitrogens with one attached hydrogen (secondary N) is 1. The van der Waals surface area contributed by atoms with E-state index in [-0.39, 0.29) is 11.7 Å². The lowest BCUT2D eigenvalue weighted by atomic mass is 10.0. The number of aryl methyl sites for hydroxylation is 1. The van der Waals surface area contributed by atoms with Gasteiger partial charge in [0.2, 0.25) is 10.0 Å². The van der Waals surface area contributed by atoms with Crippen LogP contribution in [-0.4, -0.2) is 47.5 Å². The molecule has 7 nitrogen and oxygen atoms in total. The average molecular weight is 383 g/mol. The topological polar surface area (TPSA) is 90.5 Å². The Kier molecular flexibility index (Phi) is 4.29. The number of imidazole rings is 1. The number of pyridine rings is 1. The van der Waals surface area contributed by atoms with Crippen LogP contribution in [0.3, 0.4) is 0 Å². The van der Waals surface area contributed by atoms with Crippen molar-refractivity contribution >= 4 is 32.5 Å². The normalized spacial score (nSPS) is 15.7. The first-order chi connectivity index (χ1) is 12.9. The summed E-state index contributed by atoms with van der Waals surface area (Å²) in [6, 6.07) is 12.0. The molecule has 0 aliphatic carbocycles. The van der Waals surface area contributed by atoms with E-state index in [0.717, 1.165) is 22.4 Å². The highest BCUT2D eigenvalue weighted by atomic mass is 32.2. The molecule has 4 rings (SSSR count). The van der Waals surface area contributed by atoms with Crippen LogP contribution < -0.4 is 5.32 Å². The standard InChI is InChI=1S/C19H21N5O2S/c1-3-27(25,26)23-11-14(12-23)10-21-18-8-13(2)15(9-20)19-22-16-6-4-5-7-17(16)24(18)19/h4-8,14,21H,3,10-12H2,1-2H3. The van der Waals surface area contributed by atoms with Gasteiger partial charge >= 0.3 is 0 Å². The Labute approximate surface area is 158 Å². The van der Waals surface area contributed by atoms with Gasteiger partial charge in [-0.15, -0.1) is 0 Å². The lowest BCUT2D eigenvalue weighted by molar-refractivity contribution is 0.212. The smallest absolute Gasteiger partial charge is 0.213 e. The van der Waals surface area contributed by atoms with Crippen LogP contribution in [0.25, 0.3) is 16.7 Å². The Morgan fingerprint density at radius 3 is 2.78 bits per heavy atom. The van der Waals surface area contributed by atoms with Gasteiger partial charge in [-0.25, -0.2) is 17.7 Å². The zero-order valence-electron chi connectivity index (χ0n) is 15.3. The number of nitrogens with zero attached hydrogens (tertiary/aromatic N) is 4. The summed E-state index contributed by atoms with van der Waals surface area (Å²) in [6.45, 7) is 5.34. The minimum absolute atomic E-state index is 0.142. The molecule has 3 aromatic rings. The maximum atomic E-state index is 11.9. The monoisotopic (exact) mass is 383 g/mol. The van der Waals surface area contributed by atoms with E-state index in [9.17, 15) is 13.7 Å². The molecule has 0 radical (unpaired) electrons. The number of rotatable bonds is 5. The van der Waals surface area contributed by atoms with E-state index in [4.69, 9.17) is 0 Å².